The fourth-order valence-electron chi connectivity index (χ4n) is 2.44. The molecule has 1 aromatic carbocycles. The lowest BCUT2D eigenvalue weighted by Gasteiger charge is -1.99. The topological polar surface area (TPSA) is 69.6 Å². The predicted molar refractivity (Wildman–Crippen MR) is 92.5 cm³/mol. The number of benzene rings is 1. The third-order valence-electron chi connectivity index (χ3n) is 3.75. The van der Waals surface area contributed by atoms with Gasteiger partial charge in [-0.1, -0.05) is 46.7 Å². The van der Waals surface area contributed by atoms with Crippen molar-refractivity contribution in [1.82, 2.24) is 24.9 Å². The number of aryl methyl sites for hydroxylation is 2. The van der Waals surface area contributed by atoms with Gasteiger partial charge in [-0.2, -0.15) is 5.10 Å². The molecule has 0 aliphatic carbocycles. The van der Waals surface area contributed by atoms with Crippen molar-refractivity contribution in [3.8, 4) is 11.3 Å². The molecule has 0 saturated carbocycles. The van der Waals surface area contributed by atoms with Crippen molar-refractivity contribution in [3.63, 3.8) is 0 Å². The highest BCUT2D eigenvalue weighted by Crippen LogP contribution is 2.28. The van der Waals surface area contributed by atoms with Crippen molar-refractivity contribution in [3.05, 3.63) is 54.2 Å². The Hall–Kier alpha value is -2.67. The monoisotopic (exact) mass is 337 g/mol. The first-order chi connectivity index (χ1) is 11.7. The summed E-state index contributed by atoms with van der Waals surface area (Å²) in [5, 5.41) is 10.2. The molecule has 0 amide bonds. The van der Waals surface area contributed by atoms with Gasteiger partial charge in [-0.15, -0.1) is 0 Å². The molecule has 0 fully saturated rings. The molecule has 0 unspecified atom stereocenters. The van der Waals surface area contributed by atoms with Crippen LogP contribution < -0.4 is 0 Å². The number of hydrogen-bond acceptors (Lipinski definition) is 6. The Bertz CT molecular complexity index is 990. The summed E-state index contributed by atoms with van der Waals surface area (Å²) in [6.07, 6.45) is 3.35. The second-order valence-electron chi connectivity index (χ2n) is 5.52. The van der Waals surface area contributed by atoms with Crippen molar-refractivity contribution < 1.29 is 4.52 Å². The predicted octanol–water partition coefficient (Wildman–Crippen LogP) is 3.62. The molecular weight excluding hydrogens is 322 g/mol. The van der Waals surface area contributed by atoms with Crippen LogP contribution in [0.4, 0.5) is 0 Å². The van der Waals surface area contributed by atoms with Gasteiger partial charge in [0.1, 0.15) is 22.8 Å². The Morgan fingerprint density at radius 1 is 1.17 bits per heavy atom. The van der Waals surface area contributed by atoms with E-state index in [1.165, 1.54) is 5.56 Å². The van der Waals surface area contributed by atoms with E-state index in [0.29, 0.717) is 5.75 Å². The first-order valence-electron chi connectivity index (χ1n) is 7.49. The van der Waals surface area contributed by atoms with Crippen LogP contribution in [0.5, 0.6) is 0 Å². The number of fused-ring (bicyclic) bond motifs is 1. The van der Waals surface area contributed by atoms with E-state index in [1.807, 2.05) is 25.2 Å². The van der Waals surface area contributed by atoms with Crippen LogP contribution in [0.15, 0.2) is 52.4 Å². The molecule has 0 aliphatic heterocycles. The zero-order valence-corrected chi connectivity index (χ0v) is 14.1. The molecular formula is C17H15N5OS. The van der Waals surface area contributed by atoms with E-state index < -0.39 is 0 Å². The van der Waals surface area contributed by atoms with Crippen LogP contribution in [-0.4, -0.2) is 24.9 Å². The largest absolute Gasteiger partial charge is 0.360 e. The van der Waals surface area contributed by atoms with E-state index >= 15 is 0 Å². The number of aromatic nitrogens is 5. The molecule has 7 heteroatoms. The van der Waals surface area contributed by atoms with Gasteiger partial charge in [0.2, 0.25) is 0 Å². The average molecular weight is 337 g/mol. The number of rotatable bonds is 4. The van der Waals surface area contributed by atoms with E-state index in [1.54, 1.807) is 29.0 Å². The molecule has 3 aromatic heterocycles. The highest BCUT2D eigenvalue weighted by atomic mass is 32.2. The molecule has 0 atom stereocenters. The standard InChI is InChI=1S/C17H15N5OS/c1-11-3-5-12(6-4-11)15-7-13(23-21-15)9-24-17-14-8-20-22(2)16(14)18-10-19-17/h3-8,10H,9H2,1-2H3. The quantitative estimate of drug-likeness (QED) is 0.418. The summed E-state index contributed by atoms with van der Waals surface area (Å²) in [6.45, 7) is 2.07. The van der Waals surface area contributed by atoms with Gasteiger partial charge in [0, 0.05) is 18.7 Å². The SMILES string of the molecule is Cc1ccc(-c2cc(CSc3ncnc4c3cnn4C)on2)cc1. The summed E-state index contributed by atoms with van der Waals surface area (Å²) < 4.78 is 7.19. The normalized spacial score (nSPS) is 11.2. The van der Waals surface area contributed by atoms with Crippen molar-refractivity contribution in [2.75, 3.05) is 0 Å². The van der Waals surface area contributed by atoms with Crippen LogP contribution in [-0.2, 0) is 12.8 Å². The minimum absolute atomic E-state index is 0.653. The van der Waals surface area contributed by atoms with Crippen LogP contribution in [0, 0.1) is 6.92 Å². The smallest absolute Gasteiger partial charge is 0.162 e. The Kier molecular flexibility index (Phi) is 3.78. The Morgan fingerprint density at radius 2 is 2.00 bits per heavy atom. The summed E-state index contributed by atoms with van der Waals surface area (Å²) in [5.74, 6) is 1.46. The van der Waals surface area contributed by atoms with E-state index in [9.17, 15) is 0 Å². The zero-order valence-electron chi connectivity index (χ0n) is 13.3. The van der Waals surface area contributed by atoms with Crippen molar-refractivity contribution in [2.45, 2.75) is 17.7 Å². The number of hydrogen-bond donors (Lipinski definition) is 0. The van der Waals surface area contributed by atoms with Crippen LogP contribution >= 0.6 is 11.8 Å². The Balaban J connectivity index is 1.53. The first kappa shape index (κ1) is 14.9. The summed E-state index contributed by atoms with van der Waals surface area (Å²) >= 11 is 1.59. The average Bonchev–Trinajstić information content (AvgIpc) is 3.21. The van der Waals surface area contributed by atoms with Crippen LogP contribution in [0.3, 0.4) is 0 Å². The van der Waals surface area contributed by atoms with Gasteiger partial charge in [-0.3, -0.25) is 4.68 Å². The minimum Gasteiger partial charge on any atom is -0.360 e. The van der Waals surface area contributed by atoms with E-state index in [4.69, 9.17) is 4.52 Å². The van der Waals surface area contributed by atoms with Crippen molar-refractivity contribution in [2.24, 2.45) is 7.05 Å². The molecule has 0 spiro atoms. The number of thioether (sulfide) groups is 1. The Labute approximate surface area is 142 Å². The highest BCUT2D eigenvalue weighted by molar-refractivity contribution is 7.98. The summed E-state index contributed by atoms with van der Waals surface area (Å²) in [5.41, 5.74) is 3.95. The van der Waals surface area contributed by atoms with E-state index in [0.717, 1.165) is 33.1 Å². The van der Waals surface area contributed by atoms with E-state index in [2.05, 4.69) is 39.3 Å². The molecule has 0 N–H and O–H groups in total. The van der Waals surface area contributed by atoms with Crippen LogP contribution in [0.25, 0.3) is 22.3 Å². The first-order valence-corrected chi connectivity index (χ1v) is 8.47. The van der Waals surface area contributed by atoms with Gasteiger partial charge in [0.05, 0.1) is 17.3 Å². The third-order valence-corrected chi connectivity index (χ3v) is 4.78. The molecule has 0 radical (unpaired) electrons. The molecule has 4 aromatic rings. The summed E-state index contributed by atoms with van der Waals surface area (Å²) in [7, 11) is 1.87. The van der Waals surface area contributed by atoms with Gasteiger partial charge in [-0.05, 0) is 6.92 Å². The second kappa shape index (κ2) is 6.09. The van der Waals surface area contributed by atoms with Gasteiger partial charge >= 0.3 is 0 Å². The molecule has 3 heterocycles. The van der Waals surface area contributed by atoms with Gasteiger partial charge in [0.15, 0.2) is 5.65 Å². The highest BCUT2D eigenvalue weighted by Gasteiger charge is 2.11. The molecule has 0 saturated heterocycles. The van der Waals surface area contributed by atoms with Gasteiger partial charge < -0.3 is 4.52 Å². The van der Waals surface area contributed by atoms with Crippen LogP contribution in [0.1, 0.15) is 11.3 Å². The minimum atomic E-state index is 0.653. The fourth-order valence-corrected chi connectivity index (χ4v) is 3.27. The molecule has 4 rings (SSSR count). The van der Waals surface area contributed by atoms with Crippen molar-refractivity contribution >= 4 is 22.8 Å². The maximum atomic E-state index is 5.45. The molecule has 0 bridgehead atoms. The lowest BCUT2D eigenvalue weighted by molar-refractivity contribution is 0.397. The van der Waals surface area contributed by atoms with Gasteiger partial charge in [-0.25, -0.2) is 9.97 Å². The van der Waals surface area contributed by atoms with Crippen LogP contribution in [0.2, 0.25) is 0 Å². The zero-order chi connectivity index (χ0) is 16.5. The maximum absolute atomic E-state index is 5.45. The fraction of sp³-hybridized carbons (Fsp3) is 0.176. The lowest BCUT2D eigenvalue weighted by atomic mass is 10.1. The second-order valence-corrected chi connectivity index (χ2v) is 6.48. The molecule has 120 valence electrons. The molecule has 0 aliphatic rings. The van der Waals surface area contributed by atoms with Crippen molar-refractivity contribution in [1.29, 1.82) is 0 Å². The van der Waals surface area contributed by atoms with E-state index in [-0.39, 0.29) is 0 Å². The third kappa shape index (κ3) is 2.78. The Morgan fingerprint density at radius 3 is 2.83 bits per heavy atom. The number of nitrogens with zero attached hydrogens (tertiary/aromatic N) is 5. The lowest BCUT2D eigenvalue weighted by Crippen LogP contribution is -1.92. The van der Waals surface area contributed by atoms with Gasteiger partial charge in [0.25, 0.3) is 0 Å². The molecule has 6 nitrogen and oxygen atoms in total. The summed E-state index contributed by atoms with van der Waals surface area (Å²) in [6, 6.07) is 10.2. The summed E-state index contributed by atoms with van der Waals surface area (Å²) in [4.78, 5) is 8.59. The molecule has 24 heavy (non-hydrogen) atoms. The maximum Gasteiger partial charge on any atom is 0.162 e.